The lowest BCUT2D eigenvalue weighted by atomic mass is 9.62. The summed E-state index contributed by atoms with van der Waals surface area (Å²) in [6, 6.07) is 13.2. The van der Waals surface area contributed by atoms with Crippen LogP contribution in [-0.4, -0.2) is 15.3 Å². The highest BCUT2D eigenvalue weighted by atomic mass is 16.3. The molecule has 270 valence electrons. The van der Waals surface area contributed by atoms with Crippen molar-refractivity contribution in [3.05, 3.63) is 99.1 Å². The zero-order valence-electron chi connectivity index (χ0n) is 34.3. The van der Waals surface area contributed by atoms with Gasteiger partial charge in [0.05, 0.1) is 0 Å². The molecule has 0 heterocycles. The summed E-state index contributed by atoms with van der Waals surface area (Å²) in [5.41, 5.74) is 5.64. The topological polar surface area (TPSA) is 60.7 Å². The summed E-state index contributed by atoms with van der Waals surface area (Å²) in [5.74, 6) is 1.01. The van der Waals surface area contributed by atoms with Crippen molar-refractivity contribution in [3.8, 4) is 17.2 Å². The Balaban J connectivity index is 2.90. The monoisotopic (exact) mass is 669 g/mol. The number of phenolic OH excluding ortho intramolecular Hbond substituents is 3. The van der Waals surface area contributed by atoms with Gasteiger partial charge in [0.15, 0.2) is 0 Å². The lowest BCUT2D eigenvalue weighted by Crippen LogP contribution is -2.33. The van der Waals surface area contributed by atoms with Crippen LogP contribution in [0.4, 0.5) is 0 Å². The molecule has 0 aliphatic carbocycles. The molecule has 0 spiro atoms. The lowest BCUT2D eigenvalue weighted by Gasteiger charge is -2.41. The standard InChI is InChI=1S/C46H68O3/c1-20-21-46(28-22-31(40(2,3)4)37(47)32(23-28)41(5,6)7,29-24-33(42(8,9)10)38(48)34(25-29)43(11,12)13)30-26-35(44(14,15)16)39(49)36(27-30)45(17,18)19/h20,22-27,47-49H,1,21H2,2-19H3. The van der Waals surface area contributed by atoms with Gasteiger partial charge in [0.25, 0.3) is 0 Å². The van der Waals surface area contributed by atoms with Gasteiger partial charge in [-0.3, -0.25) is 0 Å². The third-order valence-corrected chi connectivity index (χ3v) is 10.1. The Labute approximate surface area is 299 Å². The molecule has 3 nitrogen and oxygen atoms in total. The second-order valence-corrected chi connectivity index (χ2v) is 20.7. The first-order chi connectivity index (χ1) is 21.8. The van der Waals surface area contributed by atoms with Crippen LogP contribution >= 0.6 is 0 Å². The first-order valence-electron chi connectivity index (χ1n) is 18.1. The molecule has 3 aromatic carbocycles. The van der Waals surface area contributed by atoms with Crippen LogP contribution in [0.2, 0.25) is 0 Å². The fraction of sp³-hybridized carbons (Fsp3) is 0.565. The van der Waals surface area contributed by atoms with E-state index < -0.39 is 5.41 Å². The van der Waals surface area contributed by atoms with Crippen molar-refractivity contribution in [2.45, 2.75) is 169 Å². The first kappa shape index (κ1) is 40.2. The minimum atomic E-state index is -0.795. The third kappa shape index (κ3) is 7.77. The second-order valence-electron chi connectivity index (χ2n) is 20.7. The van der Waals surface area contributed by atoms with Crippen LogP contribution in [0.1, 0.15) is 181 Å². The van der Waals surface area contributed by atoms with E-state index in [0.717, 1.165) is 50.1 Å². The Morgan fingerprint density at radius 1 is 0.388 bits per heavy atom. The minimum absolute atomic E-state index is 0.337. The highest BCUT2D eigenvalue weighted by molar-refractivity contribution is 5.64. The fourth-order valence-electron chi connectivity index (χ4n) is 7.14. The Morgan fingerprint density at radius 3 is 0.673 bits per heavy atom. The Hall–Kier alpha value is -3.20. The van der Waals surface area contributed by atoms with Gasteiger partial charge in [-0.15, -0.1) is 6.58 Å². The van der Waals surface area contributed by atoms with Gasteiger partial charge < -0.3 is 15.3 Å². The number of benzene rings is 3. The van der Waals surface area contributed by atoms with Crippen LogP contribution in [0, 0.1) is 0 Å². The molecule has 3 rings (SSSR count). The van der Waals surface area contributed by atoms with Crippen LogP contribution in [0.5, 0.6) is 17.2 Å². The molecule has 0 fully saturated rings. The van der Waals surface area contributed by atoms with Crippen LogP contribution < -0.4 is 0 Å². The molecule has 0 bridgehead atoms. The number of aromatic hydroxyl groups is 3. The molecule has 0 amide bonds. The predicted octanol–water partition coefficient (Wildman–Crippen LogP) is 12.5. The van der Waals surface area contributed by atoms with Crippen molar-refractivity contribution >= 4 is 0 Å². The molecule has 49 heavy (non-hydrogen) atoms. The summed E-state index contributed by atoms with van der Waals surface area (Å²) in [7, 11) is 0. The van der Waals surface area contributed by atoms with Gasteiger partial charge in [0.1, 0.15) is 17.2 Å². The van der Waals surface area contributed by atoms with E-state index in [0.29, 0.717) is 23.7 Å². The quantitative estimate of drug-likeness (QED) is 0.187. The molecule has 0 aliphatic rings. The van der Waals surface area contributed by atoms with Crippen molar-refractivity contribution in [2.24, 2.45) is 0 Å². The van der Waals surface area contributed by atoms with Gasteiger partial charge >= 0.3 is 0 Å². The SMILES string of the molecule is C=CCC(c1cc(C(C)(C)C)c(O)c(C(C)(C)C)c1)(c1cc(C(C)(C)C)c(O)c(C(C)(C)C)c1)c1cc(C(C)(C)C)c(O)c(C(C)(C)C)c1. The van der Waals surface area contributed by atoms with Gasteiger partial charge in [-0.05, 0) is 89.0 Å². The average Bonchev–Trinajstić information content (AvgIpc) is 2.88. The summed E-state index contributed by atoms with van der Waals surface area (Å²) in [6.07, 6.45) is 2.56. The summed E-state index contributed by atoms with van der Waals surface area (Å²) in [5, 5.41) is 35.7. The van der Waals surface area contributed by atoms with E-state index in [9.17, 15) is 15.3 Å². The molecular formula is C46H68O3. The van der Waals surface area contributed by atoms with E-state index >= 15 is 0 Å². The molecule has 0 radical (unpaired) electrons. The molecule has 0 atom stereocenters. The zero-order chi connectivity index (χ0) is 38.1. The summed E-state index contributed by atoms with van der Waals surface area (Å²) in [6.45, 7) is 43.1. The second kappa shape index (κ2) is 12.5. The van der Waals surface area contributed by atoms with E-state index in [1.165, 1.54) is 0 Å². The Bertz CT molecular complexity index is 1410. The number of hydrogen-bond acceptors (Lipinski definition) is 3. The van der Waals surface area contributed by atoms with Crippen molar-refractivity contribution in [2.75, 3.05) is 0 Å². The molecular weight excluding hydrogens is 601 g/mol. The Kier molecular flexibility index (Phi) is 10.3. The highest BCUT2D eigenvalue weighted by Crippen LogP contribution is 2.53. The molecule has 3 N–H and O–H groups in total. The molecule has 0 unspecified atom stereocenters. The molecule has 0 saturated carbocycles. The molecule has 0 aliphatic heterocycles. The minimum Gasteiger partial charge on any atom is -0.507 e. The van der Waals surface area contributed by atoms with Crippen molar-refractivity contribution in [1.29, 1.82) is 0 Å². The van der Waals surface area contributed by atoms with Crippen LogP contribution in [0.25, 0.3) is 0 Å². The van der Waals surface area contributed by atoms with E-state index in [2.05, 4.69) is 168 Å². The van der Waals surface area contributed by atoms with E-state index in [-0.39, 0.29) is 32.5 Å². The van der Waals surface area contributed by atoms with Gasteiger partial charge in [0.2, 0.25) is 0 Å². The summed E-state index contributed by atoms with van der Waals surface area (Å²) >= 11 is 0. The zero-order valence-corrected chi connectivity index (χ0v) is 34.3. The molecule has 0 aromatic heterocycles. The predicted molar refractivity (Wildman–Crippen MR) is 211 cm³/mol. The number of allylic oxidation sites excluding steroid dienone is 1. The Morgan fingerprint density at radius 2 is 0.551 bits per heavy atom. The third-order valence-electron chi connectivity index (χ3n) is 10.1. The smallest absolute Gasteiger partial charge is 0.123 e. The van der Waals surface area contributed by atoms with Crippen molar-refractivity contribution < 1.29 is 15.3 Å². The average molecular weight is 669 g/mol. The fourth-order valence-corrected chi connectivity index (χ4v) is 7.14. The van der Waals surface area contributed by atoms with Crippen LogP contribution in [0.3, 0.4) is 0 Å². The number of rotatable bonds is 5. The van der Waals surface area contributed by atoms with E-state index in [4.69, 9.17) is 0 Å². The molecule has 3 heteroatoms. The number of phenols is 3. The maximum absolute atomic E-state index is 11.9. The molecule has 3 aromatic rings. The maximum atomic E-state index is 11.9. The summed E-state index contributed by atoms with van der Waals surface area (Å²) < 4.78 is 0. The van der Waals surface area contributed by atoms with Crippen LogP contribution in [0.15, 0.2) is 49.1 Å². The van der Waals surface area contributed by atoms with E-state index in [1.54, 1.807) is 0 Å². The van der Waals surface area contributed by atoms with Gasteiger partial charge in [-0.25, -0.2) is 0 Å². The molecule has 0 saturated heterocycles. The summed E-state index contributed by atoms with van der Waals surface area (Å²) in [4.78, 5) is 0. The lowest BCUT2D eigenvalue weighted by molar-refractivity contribution is 0.418. The maximum Gasteiger partial charge on any atom is 0.123 e. The van der Waals surface area contributed by atoms with E-state index in [1.807, 2.05) is 6.08 Å². The van der Waals surface area contributed by atoms with Gasteiger partial charge in [-0.2, -0.15) is 0 Å². The highest BCUT2D eigenvalue weighted by Gasteiger charge is 2.42. The van der Waals surface area contributed by atoms with Gasteiger partial charge in [0, 0.05) is 5.41 Å². The van der Waals surface area contributed by atoms with Crippen molar-refractivity contribution in [1.82, 2.24) is 0 Å². The van der Waals surface area contributed by atoms with Crippen molar-refractivity contribution in [3.63, 3.8) is 0 Å². The normalized spacial score (nSPS) is 13.9. The van der Waals surface area contributed by atoms with Gasteiger partial charge in [-0.1, -0.05) is 167 Å². The largest absolute Gasteiger partial charge is 0.507 e. The van der Waals surface area contributed by atoms with Crippen LogP contribution in [-0.2, 0) is 37.9 Å². The number of hydrogen-bond donors (Lipinski definition) is 3. The first-order valence-corrected chi connectivity index (χ1v) is 18.1.